The third-order valence-electron chi connectivity index (χ3n) is 2.53. The Labute approximate surface area is 105 Å². The van der Waals surface area contributed by atoms with Gasteiger partial charge >= 0.3 is 0 Å². The van der Waals surface area contributed by atoms with Gasteiger partial charge in [0.1, 0.15) is 11.6 Å². The van der Waals surface area contributed by atoms with Crippen LogP contribution in [0.4, 0.5) is 23.3 Å². The number of aromatic nitrogens is 2. The molecule has 0 amide bonds. The molecule has 94 valence electrons. The van der Waals surface area contributed by atoms with Crippen LogP contribution in [0, 0.1) is 0 Å². The topological polar surface area (TPSA) is 102 Å². The van der Waals surface area contributed by atoms with Gasteiger partial charge in [-0.05, 0) is 24.1 Å². The van der Waals surface area contributed by atoms with Crippen molar-refractivity contribution < 1.29 is 0 Å². The molecule has 18 heavy (non-hydrogen) atoms. The molecule has 0 fully saturated rings. The summed E-state index contributed by atoms with van der Waals surface area (Å²) in [7, 11) is 0. The van der Waals surface area contributed by atoms with E-state index in [0.717, 1.165) is 12.1 Å². The van der Waals surface area contributed by atoms with E-state index in [1.165, 1.54) is 5.56 Å². The molecule has 1 aromatic heterocycles. The summed E-state index contributed by atoms with van der Waals surface area (Å²) in [6, 6.07) is 9.80. The first-order chi connectivity index (χ1) is 8.71. The monoisotopic (exact) mass is 244 g/mol. The van der Waals surface area contributed by atoms with E-state index in [9.17, 15) is 0 Å². The van der Waals surface area contributed by atoms with Crippen molar-refractivity contribution in [2.75, 3.05) is 16.5 Å². The van der Waals surface area contributed by atoms with E-state index in [4.69, 9.17) is 11.6 Å². The number of anilines is 4. The van der Waals surface area contributed by atoms with Crippen molar-refractivity contribution in [1.82, 2.24) is 9.97 Å². The van der Waals surface area contributed by atoms with Gasteiger partial charge in [0.15, 0.2) is 0 Å². The highest BCUT2D eigenvalue weighted by molar-refractivity contribution is 5.60. The summed E-state index contributed by atoms with van der Waals surface area (Å²) in [5.74, 6) is 6.52. The minimum absolute atomic E-state index is 0.165. The average Bonchev–Trinajstić information content (AvgIpc) is 2.39. The maximum Gasteiger partial charge on any atom is 0.223 e. The Hall–Kier alpha value is -2.34. The first-order valence-electron chi connectivity index (χ1n) is 5.68. The number of benzene rings is 1. The Morgan fingerprint density at radius 3 is 2.39 bits per heavy atom. The van der Waals surface area contributed by atoms with Crippen molar-refractivity contribution in [3.05, 3.63) is 35.9 Å². The molecule has 0 saturated carbocycles. The Morgan fingerprint density at radius 2 is 1.78 bits per heavy atom. The van der Waals surface area contributed by atoms with Crippen molar-refractivity contribution in [3.8, 4) is 0 Å². The Kier molecular flexibility index (Phi) is 3.59. The summed E-state index contributed by atoms with van der Waals surface area (Å²) >= 11 is 0. The molecule has 6 nitrogen and oxygen atoms in total. The summed E-state index contributed by atoms with van der Waals surface area (Å²) in [5, 5.41) is 3.14. The molecule has 0 radical (unpaired) electrons. The number of nitrogens with zero attached hydrogens (tertiary/aromatic N) is 2. The fourth-order valence-electron chi connectivity index (χ4n) is 1.58. The summed E-state index contributed by atoms with van der Waals surface area (Å²) in [4.78, 5) is 7.99. The molecule has 2 aromatic rings. The lowest BCUT2D eigenvalue weighted by atomic mass is 10.1. The highest BCUT2D eigenvalue weighted by atomic mass is 15.3. The number of nitrogen functional groups attached to an aromatic ring is 2. The zero-order chi connectivity index (χ0) is 13.0. The van der Waals surface area contributed by atoms with Crippen LogP contribution in [0.15, 0.2) is 30.3 Å². The predicted octanol–water partition coefficient (Wildman–Crippen LogP) is 1.65. The molecule has 0 unspecified atom stereocenters. The summed E-state index contributed by atoms with van der Waals surface area (Å²) < 4.78 is 0. The summed E-state index contributed by atoms with van der Waals surface area (Å²) in [6.45, 7) is 2.12. The van der Waals surface area contributed by atoms with Gasteiger partial charge in [-0.25, -0.2) is 5.84 Å². The third-order valence-corrected chi connectivity index (χ3v) is 2.53. The molecule has 0 spiro atoms. The van der Waals surface area contributed by atoms with E-state index >= 15 is 0 Å². The number of hydrogen-bond donors (Lipinski definition) is 4. The van der Waals surface area contributed by atoms with Gasteiger partial charge in [0, 0.05) is 11.8 Å². The molecule has 2 rings (SSSR count). The number of nitrogens with one attached hydrogen (secondary N) is 2. The Morgan fingerprint density at radius 1 is 1.11 bits per heavy atom. The predicted molar refractivity (Wildman–Crippen MR) is 73.4 cm³/mol. The normalized spacial score (nSPS) is 10.1. The van der Waals surface area contributed by atoms with Crippen LogP contribution in [0.3, 0.4) is 0 Å². The van der Waals surface area contributed by atoms with E-state index in [-0.39, 0.29) is 5.95 Å². The average molecular weight is 244 g/mol. The number of rotatable bonds is 4. The van der Waals surface area contributed by atoms with Gasteiger partial charge in [-0.15, -0.1) is 0 Å². The molecule has 0 aliphatic heterocycles. The van der Waals surface area contributed by atoms with E-state index in [1.54, 1.807) is 6.07 Å². The standard InChI is InChI=1S/C12H16N6/c1-2-8-3-5-9(6-4-8)15-10-7-11(18-14)17-12(13)16-10/h3-7H,2,14H2,1H3,(H4,13,15,16,17,18). The van der Waals surface area contributed by atoms with Gasteiger partial charge in [-0.1, -0.05) is 19.1 Å². The molecule has 0 saturated heterocycles. The molecule has 0 aliphatic rings. The van der Waals surface area contributed by atoms with Crippen LogP contribution < -0.4 is 22.3 Å². The zero-order valence-corrected chi connectivity index (χ0v) is 10.1. The van der Waals surface area contributed by atoms with Crippen LogP contribution in [-0.2, 0) is 6.42 Å². The highest BCUT2D eigenvalue weighted by Gasteiger charge is 2.01. The number of hydrogen-bond acceptors (Lipinski definition) is 6. The van der Waals surface area contributed by atoms with Crippen molar-refractivity contribution in [3.63, 3.8) is 0 Å². The SMILES string of the molecule is CCc1ccc(Nc2cc(NN)nc(N)n2)cc1. The van der Waals surface area contributed by atoms with E-state index in [2.05, 4.69) is 39.8 Å². The summed E-state index contributed by atoms with van der Waals surface area (Å²) in [5.41, 5.74) is 10.2. The van der Waals surface area contributed by atoms with E-state index in [1.807, 2.05) is 12.1 Å². The van der Waals surface area contributed by atoms with Gasteiger partial charge in [-0.2, -0.15) is 9.97 Å². The van der Waals surface area contributed by atoms with E-state index in [0.29, 0.717) is 11.6 Å². The molecule has 0 aliphatic carbocycles. The minimum Gasteiger partial charge on any atom is -0.368 e. The van der Waals surface area contributed by atoms with Gasteiger partial charge < -0.3 is 16.5 Å². The first kappa shape index (κ1) is 12.1. The lowest BCUT2D eigenvalue weighted by molar-refractivity contribution is 1.14. The second kappa shape index (κ2) is 5.33. The minimum atomic E-state index is 0.165. The lowest BCUT2D eigenvalue weighted by Gasteiger charge is -2.08. The molecule has 1 aromatic carbocycles. The molecular formula is C12H16N6. The maximum atomic E-state index is 5.58. The van der Waals surface area contributed by atoms with Gasteiger partial charge in [0.25, 0.3) is 0 Å². The van der Waals surface area contributed by atoms with Gasteiger partial charge in [-0.3, -0.25) is 0 Å². The van der Waals surface area contributed by atoms with Gasteiger partial charge in [0.05, 0.1) is 0 Å². The van der Waals surface area contributed by atoms with Crippen LogP contribution in [0.25, 0.3) is 0 Å². The smallest absolute Gasteiger partial charge is 0.223 e. The molecule has 1 heterocycles. The van der Waals surface area contributed by atoms with Crippen molar-refractivity contribution in [2.24, 2.45) is 5.84 Å². The van der Waals surface area contributed by atoms with E-state index < -0.39 is 0 Å². The van der Waals surface area contributed by atoms with Crippen molar-refractivity contribution >= 4 is 23.3 Å². The fourth-order valence-corrected chi connectivity index (χ4v) is 1.58. The summed E-state index contributed by atoms with van der Waals surface area (Å²) in [6.07, 6.45) is 1.02. The molecule has 6 N–H and O–H groups in total. The molecule has 0 bridgehead atoms. The molecule has 0 atom stereocenters. The van der Waals surface area contributed by atoms with Crippen LogP contribution in [0.1, 0.15) is 12.5 Å². The fraction of sp³-hybridized carbons (Fsp3) is 0.167. The highest BCUT2D eigenvalue weighted by Crippen LogP contribution is 2.18. The van der Waals surface area contributed by atoms with Crippen LogP contribution in [0.2, 0.25) is 0 Å². The zero-order valence-electron chi connectivity index (χ0n) is 10.1. The lowest BCUT2D eigenvalue weighted by Crippen LogP contribution is -2.11. The Bertz CT molecular complexity index is 523. The number of nitrogens with two attached hydrogens (primary N) is 2. The van der Waals surface area contributed by atoms with Crippen molar-refractivity contribution in [2.45, 2.75) is 13.3 Å². The third kappa shape index (κ3) is 2.86. The second-order valence-electron chi connectivity index (χ2n) is 3.82. The number of hydrazine groups is 1. The maximum absolute atomic E-state index is 5.58. The number of aryl methyl sites for hydroxylation is 1. The van der Waals surface area contributed by atoms with Crippen LogP contribution in [0.5, 0.6) is 0 Å². The first-order valence-corrected chi connectivity index (χ1v) is 5.68. The quantitative estimate of drug-likeness (QED) is 0.482. The second-order valence-corrected chi connectivity index (χ2v) is 3.82. The van der Waals surface area contributed by atoms with Crippen molar-refractivity contribution in [1.29, 1.82) is 0 Å². The molecule has 6 heteroatoms. The van der Waals surface area contributed by atoms with Gasteiger partial charge in [0.2, 0.25) is 5.95 Å². The Balaban J connectivity index is 2.19. The van der Waals surface area contributed by atoms with Crippen LogP contribution in [-0.4, -0.2) is 9.97 Å². The molecular weight excluding hydrogens is 228 g/mol. The largest absolute Gasteiger partial charge is 0.368 e. The van der Waals surface area contributed by atoms with Crippen LogP contribution >= 0.6 is 0 Å².